The molecular formula is C17H30O. The van der Waals surface area contributed by atoms with E-state index in [1.807, 2.05) is 7.11 Å². The van der Waals surface area contributed by atoms with E-state index < -0.39 is 0 Å². The van der Waals surface area contributed by atoms with E-state index in [1.165, 1.54) is 76.4 Å². The minimum Gasteiger partial charge on any atom is -0.501 e. The topological polar surface area (TPSA) is 9.23 Å². The minimum absolute atomic E-state index is 1.14. The normalized spacial score (nSPS) is 21.3. The number of hydrogen-bond donors (Lipinski definition) is 0. The Hall–Kier alpha value is -0.720. The fraction of sp³-hybridized carbons (Fsp3) is 0.765. The Kier molecular flexibility index (Phi) is 9.69. The van der Waals surface area contributed by atoms with Crippen LogP contribution in [0.5, 0.6) is 0 Å². The van der Waals surface area contributed by atoms with Crippen LogP contribution in [0.2, 0.25) is 0 Å². The van der Waals surface area contributed by atoms with Crippen LogP contribution in [0.4, 0.5) is 0 Å². The fourth-order valence-corrected chi connectivity index (χ4v) is 2.46. The first-order valence-electron chi connectivity index (χ1n) is 7.81. The van der Waals surface area contributed by atoms with Crippen molar-refractivity contribution in [1.29, 1.82) is 0 Å². The maximum Gasteiger partial charge on any atom is 0.0915 e. The van der Waals surface area contributed by atoms with Crippen LogP contribution in [0.15, 0.2) is 24.0 Å². The summed E-state index contributed by atoms with van der Waals surface area (Å²) in [6.07, 6.45) is 22.7. The Morgan fingerprint density at radius 2 is 1.28 bits per heavy atom. The van der Waals surface area contributed by atoms with Crippen LogP contribution in [-0.2, 0) is 4.74 Å². The summed E-state index contributed by atoms with van der Waals surface area (Å²) < 4.78 is 5.44. The Balaban J connectivity index is 2.30. The van der Waals surface area contributed by atoms with E-state index in [0.717, 1.165) is 6.42 Å². The highest BCUT2D eigenvalue weighted by Gasteiger charge is 1.98. The van der Waals surface area contributed by atoms with E-state index in [1.54, 1.807) is 0 Å². The lowest BCUT2D eigenvalue weighted by Crippen LogP contribution is -1.89. The van der Waals surface area contributed by atoms with Crippen molar-refractivity contribution in [2.24, 2.45) is 0 Å². The third-order valence-electron chi connectivity index (χ3n) is 3.67. The van der Waals surface area contributed by atoms with E-state index in [4.69, 9.17) is 4.74 Å². The van der Waals surface area contributed by atoms with Crippen LogP contribution in [0.3, 0.4) is 0 Å². The van der Waals surface area contributed by atoms with Gasteiger partial charge >= 0.3 is 0 Å². The first kappa shape index (κ1) is 15.3. The molecule has 0 heterocycles. The van der Waals surface area contributed by atoms with Crippen molar-refractivity contribution in [1.82, 2.24) is 0 Å². The average Bonchev–Trinajstić information content (AvgIpc) is 2.39. The molecule has 1 nitrogen and oxygen atoms in total. The maximum atomic E-state index is 5.44. The monoisotopic (exact) mass is 250 g/mol. The lowest BCUT2D eigenvalue weighted by Gasteiger charge is -2.07. The molecule has 0 atom stereocenters. The molecule has 0 aromatic carbocycles. The second kappa shape index (κ2) is 11.4. The number of allylic oxidation sites excluding steroid dienone is 4. The average molecular weight is 250 g/mol. The Bertz CT molecular complexity index is 240. The van der Waals surface area contributed by atoms with E-state index >= 15 is 0 Å². The van der Waals surface area contributed by atoms with Gasteiger partial charge in [0.25, 0.3) is 0 Å². The predicted octanol–water partition coefficient (Wildman–Crippen LogP) is 5.77. The van der Waals surface area contributed by atoms with Crippen molar-refractivity contribution in [2.75, 3.05) is 7.11 Å². The van der Waals surface area contributed by atoms with Crippen LogP contribution in [0.1, 0.15) is 77.0 Å². The summed E-state index contributed by atoms with van der Waals surface area (Å²) in [4.78, 5) is 0. The van der Waals surface area contributed by atoms with Crippen LogP contribution in [-0.4, -0.2) is 7.11 Å². The largest absolute Gasteiger partial charge is 0.501 e. The third-order valence-corrected chi connectivity index (χ3v) is 3.67. The highest BCUT2D eigenvalue weighted by atomic mass is 16.5. The molecule has 0 aliphatic heterocycles. The molecule has 1 rings (SSSR count). The van der Waals surface area contributed by atoms with Crippen molar-refractivity contribution in [2.45, 2.75) is 77.0 Å². The van der Waals surface area contributed by atoms with Crippen molar-refractivity contribution in [3.05, 3.63) is 24.0 Å². The van der Waals surface area contributed by atoms with Crippen LogP contribution >= 0.6 is 0 Å². The smallest absolute Gasteiger partial charge is 0.0915 e. The number of rotatable bonds is 1. The summed E-state index contributed by atoms with van der Waals surface area (Å²) in [5, 5.41) is 0. The van der Waals surface area contributed by atoms with Crippen molar-refractivity contribution >= 4 is 0 Å². The Morgan fingerprint density at radius 3 is 2.00 bits per heavy atom. The summed E-state index contributed by atoms with van der Waals surface area (Å²) in [7, 11) is 1.81. The van der Waals surface area contributed by atoms with Gasteiger partial charge in [0.15, 0.2) is 0 Å². The number of methoxy groups -OCH3 is 1. The number of hydrogen-bond acceptors (Lipinski definition) is 1. The van der Waals surface area contributed by atoms with Gasteiger partial charge in [0.05, 0.1) is 12.9 Å². The van der Waals surface area contributed by atoms with E-state index in [2.05, 4.69) is 18.2 Å². The third kappa shape index (κ3) is 8.38. The van der Waals surface area contributed by atoms with Gasteiger partial charge in [0.2, 0.25) is 0 Å². The van der Waals surface area contributed by atoms with E-state index in [0.29, 0.717) is 0 Å². The summed E-state index contributed by atoms with van der Waals surface area (Å²) in [6, 6.07) is 0. The van der Waals surface area contributed by atoms with E-state index in [-0.39, 0.29) is 0 Å². The molecule has 0 saturated carbocycles. The zero-order valence-corrected chi connectivity index (χ0v) is 12.1. The standard InChI is InChI=1S/C17H30O/c1-18-17-15-13-11-9-7-5-3-2-4-6-8-10-12-14-16-17/h3,5,15H,2,4,6-14,16H2,1H3. The molecule has 0 saturated heterocycles. The van der Waals surface area contributed by atoms with Gasteiger partial charge < -0.3 is 4.74 Å². The van der Waals surface area contributed by atoms with Crippen molar-refractivity contribution in [3.63, 3.8) is 0 Å². The second-order valence-corrected chi connectivity index (χ2v) is 5.29. The molecule has 0 aromatic heterocycles. The molecule has 0 fully saturated rings. The number of ether oxygens (including phenoxy) is 1. The van der Waals surface area contributed by atoms with E-state index in [9.17, 15) is 0 Å². The first-order valence-corrected chi connectivity index (χ1v) is 7.81. The molecule has 104 valence electrons. The predicted molar refractivity (Wildman–Crippen MR) is 79.6 cm³/mol. The summed E-state index contributed by atoms with van der Waals surface area (Å²) >= 11 is 0. The van der Waals surface area contributed by atoms with Gasteiger partial charge in [-0.2, -0.15) is 0 Å². The fourth-order valence-electron chi connectivity index (χ4n) is 2.46. The molecule has 1 aliphatic carbocycles. The molecule has 0 unspecified atom stereocenters. The van der Waals surface area contributed by atoms with Crippen LogP contribution < -0.4 is 0 Å². The highest BCUT2D eigenvalue weighted by Crippen LogP contribution is 2.15. The molecule has 0 N–H and O–H groups in total. The van der Waals surface area contributed by atoms with Crippen molar-refractivity contribution < 1.29 is 4.74 Å². The first-order chi connectivity index (χ1) is 8.93. The second-order valence-electron chi connectivity index (χ2n) is 5.29. The molecule has 0 bridgehead atoms. The summed E-state index contributed by atoms with van der Waals surface area (Å²) in [5.41, 5.74) is 0. The SMILES string of the molecule is COC1=CCCCCC=CCCCCCCCC1. The Labute approximate surface area is 113 Å². The van der Waals surface area contributed by atoms with Gasteiger partial charge in [-0.05, 0) is 51.0 Å². The molecule has 0 aromatic rings. The zero-order valence-electron chi connectivity index (χ0n) is 12.1. The van der Waals surface area contributed by atoms with Crippen LogP contribution in [0.25, 0.3) is 0 Å². The van der Waals surface area contributed by atoms with Gasteiger partial charge in [0, 0.05) is 6.42 Å². The van der Waals surface area contributed by atoms with Gasteiger partial charge in [-0.3, -0.25) is 0 Å². The molecule has 1 aliphatic rings. The molecule has 0 amide bonds. The summed E-state index contributed by atoms with van der Waals surface area (Å²) in [5.74, 6) is 1.21. The lowest BCUT2D eigenvalue weighted by molar-refractivity contribution is 0.271. The molecule has 1 heteroatoms. The highest BCUT2D eigenvalue weighted by molar-refractivity contribution is 4.92. The molecule has 0 spiro atoms. The lowest BCUT2D eigenvalue weighted by atomic mass is 10.1. The summed E-state index contributed by atoms with van der Waals surface area (Å²) in [6.45, 7) is 0. The van der Waals surface area contributed by atoms with Crippen molar-refractivity contribution in [3.8, 4) is 0 Å². The van der Waals surface area contributed by atoms with Gasteiger partial charge in [0.1, 0.15) is 0 Å². The molecule has 18 heavy (non-hydrogen) atoms. The van der Waals surface area contributed by atoms with Gasteiger partial charge in [-0.25, -0.2) is 0 Å². The quantitative estimate of drug-likeness (QED) is 0.537. The molecule has 0 radical (unpaired) electrons. The van der Waals surface area contributed by atoms with Gasteiger partial charge in [-0.1, -0.05) is 37.8 Å². The zero-order chi connectivity index (χ0) is 12.9. The minimum atomic E-state index is 1.14. The molecular weight excluding hydrogens is 220 g/mol. The van der Waals surface area contributed by atoms with Gasteiger partial charge in [-0.15, -0.1) is 0 Å². The maximum absolute atomic E-state index is 5.44. The van der Waals surface area contributed by atoms with Crippen LogP contribution in [0, 0.1) is 0 Å². The Morgan fingerprint density at radius 1 is 0.722 bits per heavy atom.